The van der Waals surface area contributed by atoms with Crippen LogP contribution in [-0.2, 0) is 16.8 Å². The van der Waals surface area contributed by atoms with Crippen molar-refractivity contribution in [2.75, 3.05) is 19.7 Å². The fraction of sp³-hybridized carbons (Fsp3) is 0.480. The summed E-state index contributed by atoms with van der Waals surface area (Å²) in [6.07, 6.45) is 0. The maximum Gasteiger partial charge on any atom is 0.311 e. The number of amides is 1. The largest absolute Gasteiger partial charge is 0.477 e. The third-order valence-corrected chi connectivity index (χ3v) is 6.11. The Bertz CT molecular complexity index is 1000. The highest BCUT2D eigenvalue weighted by molar-refractivity contribution is 5.78. The molecule has 1 amide bonds. The van der Waals surface area contributed by atoms with E-state index >= 15 is 0 Å². The summed E-state index contributed by atoms with van der Waals surface area (Å²) < 4.78 is 18.8. The molecule has 178 valence electrons. The van der Waals surface area contributed by atoms with E-state index in [0.29, 0.717) is 19.6 Å². The zero-order chi connectivity index (χ0) is 24.3. The van der Waals surface area contributed by atoms with Crippen molar-refractivity contribution < 1.29 is 18.8 Å². The van der Waals surface area contributed by atoms with Crippen LogP contribution in [-0.4, -0.2) is 52.4 Å². The molecule has 2 aromatic carbocycles. The average molecular weight is 458 g/mol. The predicted molar refractivity (Wildman–Crippen MR) is 125 cm³/mol. The van der Waals surface area contributed by atoms with Crippen LogP contribution in [0.2, 0.25) is 0 Å². The first-order chi connectivity index (χ1) is 15.5. The molecule has 0 bridgehead atoms. The topological polar surface area (TPSA) is 75.9 Å². The number of hydrogen-bond donors (Lipinski definition) is 0. The molecular formula is C25H32FN3O4. The minimum atomic E-state index is -0.478. The zero-order valence-electron chi connectivity index (χ0n) is 19.9. The summed E-state index contributed by atoms with van der Waals surface area (Å²) in [6.45, 7) is 11.6. The van der Waals surface area contributed by atoms with E-state index in [1.165, 1.54) is 18.2 Å². The Balaban J connectivity index is 1.63. The first-order valence-electron chi connectivity index (χ1n) is 11.2. The smallest absolute Gasteiger partial charge is 0.311 e. The van der Waals surface area contributed by atoms with Crippen LogP contribution < -0.4 is 4.74 Å². The van der Waals surface area contributed by atoms with Crippen molar-refractivity contribution in [3.63, 3.8) is 0 Å². The number of nitrogens with zero attached hydrogens (tertiary/aromatic N) is 3. The Morgan fingerprint density at radius 2 is 1.79 bits per heavy atom. The SMILES string of the molecule is C[C@@H]1CN(C(=O)COc2ccc(C(C)(C)C)cc2[N+](=O)[O-])[C@@H](C)CN1Cc1ccc(F)cc1. The molecule has 1 fully saturated rings. The summed E-state index contributed by atoms with van der Waals surface area (Å²) in [4.78, 5) is 28.0. The van der Waals surface area contributed by atoms with Gasteiger partial charge in [0.2, 0.25) is 0 Å². The van der Waals surface area contributed by atoms with Gasteiger partial charge in [0.1, 0.15) is 5.82 Å². The van der Waals surface area contributed by atoms with Gasteiger partial charge in [-0.3, -0.25) is 19.8 Å². The molecule has 1 heterocycles. The number of carbonyl (C=O) groups is 1. The summed E-state index contributed by atoms with van der Waals surface area (Å²) in [5, 5.41) is 11.6. The number of carbonyl (C=O) groups excluding carboxylic acids is 1. The molecule has 2 aromatic rings. The van der Waals surface area contributed by atoms with Crippen molar-refractivity contribution in [2.24, 2.45) is 0 Å². The monoisotopic (exact) mass is 457 g/mol. The van der Waals surface area contributed by atoms with E-state index in [2.05, 4.69) is 4.90 Å². The second kappa shape index (κ2) is 9.87. The van der Waals surface area contributed by atoms with Gasteiger partial charge in [-0.05, 0) is 48.6 Å². The van der Waals surface area contributed by atoms with Crippen molar-refractivity contribution in [1.82, 2.24) is 9.80 Å². The highest BCUT2D eigenvalue weighted by Crippen LogP contribution is 2.33. The molecule has 33 heavy (non-hydrogen) atoms. The summed E-state index contributed by atoms with van der Waals surface area (Å²) in [7, 11) is 0. The number of ether oxygens (including phenoxy) is 1. The number of hydrogen-bond acceptors (Lipinski definition) is 5. The highest BCUT2D eigenvalue weighted by Gasteiger charge is 2.32. The zero-order valence-corrected chi connectivity index (χ0v) is 19.9. The molecule has 0 aromatic heterocycles. The molecule has 1 aliphatic rings. The van der Waals surface area contributed by atoms with Crippen LogP contribution in [0, 0.1) is 15.9 Å². The van der Waals surface area contributed by atoms with Gasteiger partial charge in [-0.2, -0.15) is 0 Å². The van der Waals surface area contributed by atoms with E-state index in [9.17, 15) is 19.3 Å². The van der Waals surface area contributed by atoms with Crippen LogP contribution in [0.1, 0.15) is 45.7 Å². The number of nitro benzene ring substituents is 1. The fourth-order valence-corrected chi connectivity index (χ4v) is 4.06. The first-order valence-corrected chi connectivity index (χ1v) is 11.2. The standard InChI is InChI=1S/C25H32FN3O4/c1-17-14-28(18(2)13-27(17)15-19-6-9-21(26)10-7-19)24(30)16-33-23-11-8-20(25(3,4)5)12-22(23)29(31)32/h6-12,17-18H,13-16H2,1-5H3/t17-,18+/m1/s1. The summed E-state index contributed by atoms with van der Waals surface area (Å²) in [5.74, 6) is -0.370. The molecule has 7 nitrogen and oxygen atoms in total. The van der Waals surface area contributed by atoms with Crippen molar-refractivity contribution in [3.05, 3.63) is 69.5 Å². The molecule has 0 unspecified atom stereocenters. The van der Waals surface area contributed by atoms with Crippen molar-refractivity contribution >= 4 is 11.6 Å². The van der Waals surface area contributed by atoms with Gasteiger partial charge in [0, 0.05) is 37.8 Å². The molecule has 0 spiro atoms. The van der Waals surface area contributed by atoms with Crippen LogP contribution in [0.15, 0.2) is 42.5 Å². The van der Waals surface area contributed by atoms with E-state index in [1.807, 2.05) is 34.6 Å². The van der Waals surface area contributed by atoms with E-state index in [-0.39, 0.29) is 47.3 Å². The van der Waals surface area contributed by atoms with Gasteiger partial charge in [0.05, 0.1) is 4.92 Å². The number of halogens is 1. The number of piperazine rings is 1. The minimum Gasteiger partial charge on any atom is -0.477 e. The van der Waals surface area contributed by atoms with Gasteiger partial charge in [-0.1, -0.05) is 39.0 Å². The van der Waals surface area contributed by atoms with E-state index in [1.54, 1.807) is 29.2 Å². The molecule has 3 rings (SSSR count). The van der Waals surface area contributed by atoms with Gasteiger partial charge in [-0.15, -0.1) is 0 Å². The fourth-order valence-electron chi connectivity index (χ4n) is 4.06. The number of rotatable bonds is 6. The van der Waals surface area contributed by atoms with Crippen molar-refractivity contribution in [3.8, 4) is 5.75 Å². The minimum absolute atomic E-state index is 0.0454. The second-order valence-electron chi connectivity index (χ2n) is 9.78. The molecule has 1 saturated heterocycles. The van der Waals surface area contributed by atoms with E-state index in [0.717, 1.165) is 11.1 Å². The molecule has 8 heteroatoms. The third-order valence-electron chi connectivity index (χ3n) is 6.11. The Morgan fingerprint density at radius 1 is 1.12 bits per heavy atom. The lowest BCUT2D eigenvalue weighted by Crippen LogP contribution is -2.58. The normalized spacial score (nSPS) is 19.4. The van der Waals surface area contributed by atoms with E-state index < -0.39 is 4.92 Å². The lowest BCUT2D eigenvalue weighted by atomic mass is 9.87. The summed E-state index contributed by atoms with van der Waals surface area (Å²) in [5.41, 5.74) is 1.47. The molecular weight excluding hydrogens is 425 g/mol. The summed E-state index contributed by atoms with van der Waals surface area (Å²) >= 11 is 0. The van der Waals surface area contributed by atoms with Crippen LogP contribution in [0.25, 0.3) is 0 Å². The maximum atomic E-state index is 13.2. The molecule has 0 N–H and O–H groups in total. The Kier molecular flexibility index (Phi) is 7.37. The van der Waals surface area contributed by atoms with Gasteiger partial charge in [0.25, 0.3) is 5.91 Å². The highest BCUT2D eigenvalue weighted by atomic mass is 19.1. The number of nitro groups is 1. The average Bonchev–Trinajstić information content (AvgIpc) is 2.75. The second-order valence-corrected chi connectivity index (χ2v) is 9.78. The third kappa shape index (κ3) is 6.07. The van der Waals surface area contributed by atoms with Crippen LogP contribution in [0.4, 0.5) is 10.1 Å². The molecule has 2 atom stereocenters. The predicted octanol–water partition coefficient (Wildman–Crippen LogP) is 4.53. The molecule has 0 aliphatic carbocycles. The van der Waals surface area contributed by atoms with Gasteiger partial charge in [-0.25, -0.2) is 4.39 Å². The lowest BCUT2D eigenvalue weighted by molar-refractivity contribution is -0.385. The Labute approximate surface area is 194 Å². The van der Waals surface area contributed by atoms with Crippen LogP contribution in [0.3, 0.4) is 0 Å². The lowest BCUT2D eigenvalue weighted by Gasteiger charge is -2.44. The maximum absolute atomic E-state index is 13.2. The summed E-state index contributed by atoms with van der Waals surface area (Å²) in [6, 6.07) is 11.4. The van der Waals surface area contributed by atoms with Gasteiger partial charge < -0.3 is 9.64 Å². The van der Waals surface area contributed by atoms with Crippen molar-refractivity contribution in [1.29, 1.82) is 0 Å². The van der Waals surface area contributed by atoms with E-state index in [4.69, 9.17) is 4.74 Å². The van der Waals surface area contributed by atoms with Crippen molar-refractivity contribution in [2.45, 2.75) is 58.7 Å². The van der Waals surface area contributed by atoms with Gasteiger partial charge >= 0.3 is 5.69 Å². The first kappa shape index (κ1) is 24.6. The Hall–Kier alpha value is -3.00. The van der Waals surface area contributed by atoms with Crippen LogP contribution >= 0.6 is 0 Å². The molecule has 1 aliphatic heterocycles. The quantitative estimate of drug-likeness (QED) is 0.471. The van der Waals surface area contributed by atoms with Gasteiger partial charge in [0.15, 0.2) is 12.4 Å². The Morgan fingerprint density at radius 3 is 2.39 bits per heavy atom. The van der Waals surface area contributed by atoms with Crippen LogP contribution in [0.5, 0.6) is 5.75 Å². The molecule has 0 radical (unpaired) electrons. The molecule has 0 saturated carbocycles. The number of benzene rings is 2.